The number of fused-ring (bicyclic) bond motifs is 3. The summed E-state index contributed by atoms with van der Waals surface area (Å²) in [4.78, 5) is 8.90. The van der Waals surface area contributed by atoms with Crippen LogP contribution in [0.1, 0.15) is 25.0 Å². The van der Waals surface area contributed by atoms with E-state index < -0.39 is 8.07 Å². The van der Waals surface area contributed by atoms with Crippen LogP contribution in [-0.2, 0) is 25.5 Å². The first-order valence-electron chi connectivity index (χ1n) is 15.1. The Labute approximate surface area is 284 Å². The zero-order valence-corrected chi connectivity index (χ0v) is 30.0. The normalized spacial score (nSPS) is 11.5. The van der Waals surface area contributed by atoms with E-state index in [1.165, 1.54) is 28.4 Å². The summed E-state index contributed by atoms with van der Waals surface area (Å²) in [5.74, 6) is -0.271. The maximum Gasteiger partial charge on any atom is 0.120 e. The molecule has 3 nitrogen and oxygen atoms in total. The molecule has 3 aromatic heterocycles. The maximum atomic E-state index is 12.8. The third-order valence-corrected chi connectivity index (χ3v) is 10.3. The van der Waals surface area contributed by atoms with Crippen molar-refractivity contribution in [2.75, 3.05) is 0 Å². The first kappa shape index (κ1) is 33.1. The van der Waals surface area contributed by atoms with Gasteiger partial charge in [-0.3, -0.25) is 4.39 Å². The van der Waals surface area contributed by atoms with E-state index in [1.54, 1.807) is 12.3 Å². The van der Waals surface area contributed by atoms with E-state index in [-0.39, 0.29) is 31.3 Å². The van der Waals surface area contributed by atoms with Gasteiger partial charge in [-0.1, -0.05) is 105 Å². The molecule has 0 aliphatic heterocycles. The van der Waals surface area contributed by atoms with E-state index in [9.17, 15) is 4.39 Å². The summed E-state index contributed by atoms with van der Waals surface area (Å²) in [6.45, 7) is 11.4. The minimum atomic E-state index is -1.30. The summed E-state index contributed by atoms with van der Waals surface area (Å²) in [6.07, 6.45) is 3.73. The zero-order chi connectivity index (χ0) is 31.6. The number of aromatic nitrogens is 2. The van der Waals surface area contributed by atoms with Crippen molar-refractivity contribution in [1.82, 2.24) is 9.97 Å². The molecule has 0 amide bonds. The molecule has 0 unspecified atom stereocenters. The SMILES string of the molecule is CC(C)(c1ccccc1)c1ccc2oc3c(-c4ccccn4)[c-]ccc3c2c1.C[Si](C)(C)c1ccc(-c2[c-]cc(F)cc2)nc1.[Ir]. The molecule has 0 N–H and O–H groups in total. The van der Waals surface area contributed by atoms with E-state index in [0.29, 0.717) is 0 Å². The summed E-state index contributed by atoms with van der Waals surface area (Å²) in [5, 5.41) is 3.55. The summed E-state index contributed by atoms with van der Waals surface area (Å²) in [7, 11) is -1.30. The molecule has 7 aromatic rings. The van der Waals surface area contributed by atoms with E-state index in [4.69, 9.17) is 4.42 Å². The average Bonchev–Trinajstić information content (AvgIpc) is 3.44. The molecular weight excluding hydrogens is 764 g/mol. The van der Waals surface area contributed by atoms with Gasteiger partial charge in [-0.2, -0.15) is 0 Å². The third kappa shape index (κ3) is 6.95. The van der Waals surface area contributed by atoms with Gasteiger partial charge in [-0.25, -0.2) is 0 Å². The summed E-state index contributed by atoms with van der Waals surface area (Å²) < 4.78 is 19.0. The number of hydrogen-bond acceptors (Lipinski definition) is 3. The molecule has 0 aliphatic rings. The molecule has 0 saturated carbocycles. The quantitative estimate of drug-likeness (QED) is 0.129. The molecule has 233 valence electrons. The molecule has 0 saturated heterocycles. The Balaban J connectivity index is 0.000000200. The van der Waals surface area contributed by atoms with Gasteiger partial charge in [0.05, 0.1) is 13.7 Å². The Morgan fingerprint density at radius 3 is 2.17 bits per heavy atom. The van der Waals surface area contributed by atoms with Crippen LogP contribution in [0.4, 0.5) is 4.39 Å². The van der Waals surface area contributed by atoms with E-state index in [0.717, 1.165) is 44.5 Å². The standard InChI is InChI=1S/C26H20NO.C14H15FNSi.Ir/c1-26(2,18-9-4-3-5-10-18)19-14-15-24-22(17-19)20-11-8-12-21(25(20)28-24)23-13-6-7-16-27-23;1-17(2,3)13-8-9-14(16-10-13)11-4-6-12(15)7-5-11;/h3-11,13-17H,1-2H3;4,6-10H,1-3H3;/q2*-1;. The number of nitrogens with zero attached hydrogens (tertiary/aromatic N) is 2. The van der Waals surface area contributed by atoms with Crippen LogP contribution in [0.15, 0.2) is 126 Å². The summed E-state index contributed by atoms with van der Waals surface area (Å²) in [6, 6.07) is 41.8. The van der Waals surface area contributed by atoms with Crippen molar-refractivity contribution in [2.45, 2.75) is 38.9 Å². The molecule has 4 aromatic carbocycles. The molecule has 6 heteroatoms. The molecule has 0 atom stereocenters. The molecule has 0 spiro atoms. The Bertz CT molecular complexity index is 2050. The molecule has 1 radical (unpaired) electrons. The fourth-order valence-electron chi connectivity index (χ4n) is 5.41. The second-order valence-electron chi connectivity index (χ2n) is 12.7. The van der Waals surface area contributed by atoms with Gasteiger partial charge in [-0.05, 0) is 45.9 Å². The predicted molar refractivity (Wildman–Crippen MR) is 186 cm³/mol. The monoisotopic (exact) mass is 799 g/mol. The number of benzene rings is 4. The van der Waals surface area contributed by atoms with Crippen LogP contribution in [0, 0.1) is 17.9 Å². The Kier molecular flexibility index (Phi) is 9.83. The van der Waals surface area contributed by atoms with Gasteiger partial charge in [0, 0.05) is 49.1 Å². The average molecular weight is 799 g/mol. The number of hydrogen-bond donors (Lipinski definition) is 0. The first-order valence-corrected chi connectivity index (χ1v) is 18.6. The minimum Gasteiger partial charge on any atom is -0.501 e. The topological polar surface area (TPSA) is 38.9 Å². The Morgan fingerprint density at radius 1 is 0.739 bits per heavy atom. The van der Waals surface area contributed by atoms with Crippen molar-refractivity contribution in [2.24, 2.45) is 0 Å². The van der Waals surface area contributed by atoms with Crippen molar-refractivity contribution >= 4 is 35.2 Å². The first-order chi connectivity index (χ1) is 21.6. The fourth-order valence-corrected chi connectivity index (χ4v) is 6.45. The molecule has 0 aliphatic carbocycles. The van der Waals surface area contributed by atoms with Crippen LogP contribution in [0.2, 0.25) is 19.6 Å². The largest absolute Gasteiger partial charge is 0.501 e. The summed E-state index contributed by atoms with van der Waals surface area (Å²) >= 11 is 0. The van der Waals surface area contributed by atoms with E-state index in [1.807, 2.05) is 36.5 Å². The number of rotatable bonds is 5. The van der Waals surface area contributed by atoms with Crippen molar-refractivity contribution in [3.8, 4) is 22.5 Å². The van der Waals surface area contributed by atoms with Crippen LogP contribution in [0.3, 0.4) is 0 Å². The number of furan rings is 1. The van der Waals surface area contributed by atoms with Crippen LogP contribution < -0.4 is 5.19 Å². The van der Waals surface area contributed by atoms with E-state index >= 15 is 0 Å². The molecule has 46 heavy (non-hydrogen) atoms. The predicted octanol–water partition coefficient (Wildman–Crippen LogP) is 10.0. The van der Waals surface area contributed by atoms with Gasteiger partial charge in [0.1, 0.15) is 5.58 Å². The fraction of sp³-hybridized carbons (Fsp3) is 0.150. The molecule has 0 bridgehead atoms. The van der Waals surface area contributed by atoms with Crippen molar-refractivity contribution in [1.29, 1.82) is 0 Å². The summed E-state index contributed by atoms with van der Waals surface area (Å²) in [5.41, 5.74) is 7.63. The third-order valence-electron chi connectivity index (χ3n) is 8.25. The van der Waals surface area contributed by atoms with Gasteiger partial charge in [0.15, 0.2) is 0 Å². The van der Waals surface area contributed by atoms with Crippen LogP contribution in [-0.4, -0.2) is 18.0 Å². The molecule has 3 heterocycles. The molecular formula is C40H35FIrN2OSi-2. The van der Waals surface area contributed by atoms with Gasteiger partial charge in [0.2, 0.25) is 0 Å². The molecule has 0 fully saturated rings. The molecule has 7 rings (SSSR count). The number of halogens is 1. The van der Waals surface area contributed by atoms with E-state index in [2.05, 4.69) is 116 Å². The van der Waals surface area contributed by atoms with Crippen molar-refractivity contribution < 1.29 is 28.9 Å². The second-order valence-corrected chi connectivity index (χ2v) is 17.8. The van der Waals surface area contributed by atoms with Crippen molar-refractivity contribution in [3.63, 3.8) is 0 Å². The van der Waals surface area contributed by atoms with Gasteiger partial charge < -0.3 is 14.4 Å². The second kappa shape index (κ2) is 13.6. The smallest absolute Gasteiger partial charge is 0.120 e. The maximum absolute atomic E-state index is 12.8. The van der Waals surface area contributed by atoms with Gasteiger partial charge in [-0.15, -0.1) is 48.0 Å². The minimum absolute atomic E-state index is 0. The van der Waals surface area contributed by atoms with Crippen LogP contribution in [0.5, 0.6) is 0 Å². The van der Waals surface area contributed by atoms with Crippen LogP contribution >= 0.6 is 0 Å². The van der Waals surface area contributed by atoms with Gasteiger partial charge in [0.25, 0.3) is 0 Å². The van der Waals surface area contributed by atoms with Crippen LogP contribution in [0.25, 0.3) is 44.5 Å². The zero-order valence-electron chi connectivity index (χ0n) is 26.6. The Hall–Kier alpha value is -4.22. The number of pyridine rings is 2. The van der Waals surface area contributed by atoms with Crippen molar-refractivity contribution in [3.05, 3.63) is 151 Å². The Morgan fingerprint density at radius 2 is 1.52 bits per heavy atom. The van der Waals surface area contributed by atoms with Gasteiger partial charge >= 0.3 is 0 Å².